The number of anilines is 1. The molecule has 22 heavy (non-hydrogen) atoms. The van der Waals surface area contributed by atoms with Crippen molar-refractivity contribution < 1.29 is 32.2 Å². The van der Waals surface area contributed by atoms with Crippen molar-refractivity contribution >= 4 is 40.2 Å². The monoisotopic (exact) mass is 429 g/mol. The third-order valence-corrected chi connectivity index (χ3v) is 3.33. The summed E-state index contributed by atoms with van der Waals surface area (Å²) in [6.45, 7) is 0. The van der Waals surface area contributed by atoms with Crippen molar-refractivity contribution in [3.63, 3.8) is 0 Å². The minimum absolute atomic E-state index is 0.215. The van der Waals surface area contributed by atoms with Gasteiger partial charge in [0.15, 0.2) is 0 Å². The highest BCUT2D eigenvalue weighted by Gasteiger charge is 2.31. The van der Waals surface area contributed by atoms with Gasteiger partial charge in [0.2, 0.25) is 0 Å². The highest BCUT2D eigenvalue weighted by Crippen LogP contribution is 2.32. The zero-order valence-corrected chi connectivity index (χ0v) is 13.6. The molecule has 0 fully saturated rings. The van der Waals surface area contributed by atoms with Gasteiger partial charge in [-0.1, -0.05) is 0 Å². The van der Waals surface area contributed by atoms with Gasteiger partial charge < -0.3 is 14.8 Å². The average Bonchev–Trinajstić information content (AvgIpc) is 2.46. The first-order chi connectivity index (χ1) is 10.2. The Kier molecular flexibility index (Phi) is 6.21. The lowest BCUT2D eigenvalue weighted by molar-refractivity contribution is -0.138. The Morgan fingerprint density at radius 2 is 1.86 bits per heavy atom. The minimum atomic E-state index is -4.47. The Morgan fingerprint density at radius 1 is 1.23 bits per heavy atom. The van der Waals surface area contributed by atoms with Crippen molar-refractivity contribution in [2.24, 2.45) is 0 Å². The molecular weight excluding hydrogens is 418 g/mol. The maximum atomic E-state index is 12.6. The van der Waals surface area contributed by atoms with Gasteiger partial charge in [0.25, 0.3) is 0 Å². The molecule has 0 spiro atoms. The second-order valence-electron chi connectivity index (χ2n) is 3.89. The van der Waals surface area contributed by atoms with E-state index in [0.717, 1.165) is 38.5 Å². The standard InChI is InChI=1S/C13H11F3INO4/c1-21-11(19)6-10(12(20)22-2)18-9-4-3-7(5-8(9)17)13(14,15)16/h3-6,18H,1-2H3/b10-6+. The van der Waals surface area contributed by atoms with Gasteiger partial charge in [-0.25, -0.2) is 9.59 Å². The second kappa shape index (κ2) is 7.47. The Balaban J connectivity index is 3.12. The molecule has 0 aliphatic carbocycles. The van der Waals surface area contributed by atoms with Crippen molar-refractivity contribution in [2.75, 3.05) is 19.5 Å². The van der Waals surface area contributed by atoms with Crippen LogP contribution in [0.3, 0.4) is 0 Å². The minimum Gasteiger partial charge on any atom is -0.466 e. The molecule has 0 saturated carbocycles. The fourth-order valence-electron chi connectivity index (χ4n) is 1.37. The Labute approximate surface area is 137 Å². The van der Waals surface area contributed by atoms with E-state index in [1.807, 2.05) is 0 Å². The highest BCUT2D eigenvalue weighted by molar-refractivity contribution is 14.1. The summed E-state index contributed by atoms with van der Waals surface area (Å²) in [6, 6.07) is 2.92. The molecule has 0 saturated heterocycles. The van der Waals surface area contributed by atoms with Crippen LogP contribution in [-0.2, 0) is 25.2 Å². The van der Waals surface area contributed by atoms with Crippen molar-refractivity contribution in [1.29, 1.82) is 0 Å². The van der Waals surface area contributed by atoms with Crippen LogP contribution in [-0.4, -0.2) is 26.2 Å². The van der Waals surface area contributed by atoms with Crippen molar-refractivity contribution in [2.45, 2.75) is 6.18 Å². The number of hydrogen-bond acceptors (Lipinski definition) is 5. The van der Waals surface area contributed by atoms with Gasteiger partial charge >= 0.3 is 18.1 Å². The Hall–Kier alpha value is -1.78. The summed E-state index contributed by atoms with van der Waals surface area (Å²) < 4.78 is 46.9. The van der Waals surface area contributed by atoms with Crippen LogP contribution in [0.4, 0.5) is 18.9 Å². The molecule has 1 aromatic rings. The molecule has 1 aromatic carbocycles. The number of carbonyl (C=O) groups is 2. The first-order valence-electron chi connectivity index (χ1n) is 5.70. The van der Waals surface area contributed by atoms with E-state index in [0.29, 0.717) is 0 Å². The number of halogens is 4. The molecule has 120 valence electrons. The molecule has 1 N–H and O–H groups in total. The number of rotatable bonds is 4. The molecule has 0 unspecified atom stereocenters. The van der Waals surface area contributed by atoms with Crippen LogP contribution in [0, 0.1) is 3.57 Å². The van der Waals surface area contributed by atoms with Crippen molar-refractivity contribution in [3.05, 3.63) is 39.1 Å². The summed E-state index contributed by atoms with van der Waals surface area (Å²) in [5.41, 5.74) is -0.861. The lowest BCUT2D eigenvalue weighted by Crippen LogP contribution is -2.16. The summed E-state index contributed by atoms with van der Waals surface area (Å²) in [5, 5.41) is 2.55. The number of hydrogen-bond donors (Lipinski definition) is 1. The number of ether oxygens (including phenoxy) is 2. The maximum absolute atomic E-state index is 12.6. The van der Waals surface area contributed by atoms with Crippen LogP contribution in [0.2, 0.25) is 0 Å². The van der Waals surface area contributed by atoms with Crippen LogP contribution in [0.15, 0.2) is 30.0 Å². The van der Waals surface area contributed by atoms with E-state index in [-0.39, 0.29) is 15.0 Å². The summed E-state index contributed by atoms with van der Waals surface area (Å²) in [7, 11) is 2.22. The number of methoxy groups -OCH3 is 2. The molecule has 1 rings (SSSR count). The fraction of sp³-hybridized carbons (Fsp3) is 0.231. The lowest BCUT2D eigenvalue weighted by atomic mass is 10.2. The maximum Gasteiger partial charge on any atom is 0.416 e. The molecule has 0 aliphatic rings. The third kappa shape index (κ3) is 4.90. The van der Waals surface area contributed by atoms with E-state index in [4.69, 9.17) is 0 Å². The number of carbonyl (C=O) groups excluding carboxylic acids is 2. The number of benzene rings is 1. The van der Waals surface area contributed by atoms with E-state index < -0.39 is 23.7 Å². The zero-order valence-electron chi connectivity index (χ0n) is 11.5. The fourth-order valence-corrected chi connectivity index (χ4v) is 2.02. The lowest BCUT2D eigenvalue weighted by Gasteiger charge is -2.13. The summed E-state index contributed by atoms with van der Waals surface area (Å²) in [5.74, 6) is -1.67. The normalized spacial score (nSPS) is 11.8. The van der Waals surface area contributed by atoms with Gasteiger partial charge in [0, 0.05) is 3.57 Å². The number of alkyl halides is 3. The van der Waals surface area contributed by atoms with Crippen molar-refractivity contribution in [1.82, 2.24) is 0 Å². The van der Waals surface area contributed by atoms with Gasteiger partial charge in [0.1, 0.15) is 5.70 Å². The quantitative estimate of drug-likeness (QED) is 0.453. The van der Waals surface area contributed by atoms with Crippen LogP contribution in [0.1, 0.15) is 5.56 Å². The average molecular weight is 429 g/mol. The van der Waals surface area contributed by atoms with E-state index in [1.165, 1.54) is 0 Å². The highest BCUT2D eigenvalue weighted by atomic mass is 127. The predicted octanol–water partition coefficient (Wildman–Crippen LogP) is 2.95. The molecule has 0 bridgehead atoms. The second-order valence-corrected chi connectivity index (χ2v) is 5.05. The number of esters is 2. The largest absolute Gasteiger partial charge is 0.466 e. The van der Waals surface area contributed by atoms with Crippen LogP contribution in [0.25, 0.3) is 0 Å². The summed E-state index contributed by atoms with van der Waals surface area (Å²) in [4.78, 5) is 22.8. The molecule has 5 nitrogen and oxygen atoms in total. The Bertz CT molecular complexity index is 614. The molecule has 0 amide bonds. The SMILES string of the molecule is COC(=O)/C=C(/Nc1ccc(C(F)(F)F)cc1I)C(=O)OC. The van der Waals surface area contributed by atoms with E-state index >= 15 is 0 Å². The molecule has 0 atom stereocenters. The summed E-state index contributed by atoms with van der Waals surface area (Å²) >= 11 is 1.68. The summed E-state index contributed by atoms with van der Waals surface area (Å²) in [6.07, 6.45) is -3.62. The van der Waals surface area contributed by atoms with Gasteiger partial charge in [-0.15, -0.1) is 0 Å². The van der Waals surface area contributed by atoms with Crippen LogP contribution in [0.5, 0.6) is 0 Å². The molecule has 9 heteroatoms. The zero-order chi connectivity index (χ0) is 16.9. The molecule has 0 aromatic heterocycles. The van der Waals surface area contributed by atoms with Gasteiger partial charge in [-0.05, 0) is 40.8 Å². The third-order valence-electron chi connectivity index (χ3n) is 2.43. The smallest absolute Gasteiger partial charge is 0.416 e. The van der Waals surface area contributed by atoms with Crippen molar-refractivity contribution in [3.8, 4) is 0 Å². The van der Waals surface area contributed by atoms with E-state index in [2.05, 4.69) is 14.8 Å². The van der Waals surface area contributed by atoms with Gasteiger partial charge in [-0.2, -0.15) is 13.2 Å². The number of nitrogens with one attached hydrogen (secondary N) is 1. The Morgan fingerprint density at radius 3 is 2.32 bits per heavy atom. The first-order valence-corrected chi connectivity index (χ1v) is 6.78. The molecule has 0 aliphatic heterocycles. The van der Waals surface area contributed by atoms with Crippen LogP contribution < -0.4 is 5.32 Å². The molecular formula is C13H11F3INO4. The predicted molar refractivity (Wildman–Crippen MR) is 79.9 cm³/mol. The first kappa shape index (κ1) is 18.3. The van der Waals surface area contributed by atoms with E-state index in [1.54, 1.807) is 22.6 Å². The topological polar surface area (TPSA) is 64.6 Å². The molecule has 0 heterocycles. The van der Waals surface area contributed by atoms with E-state index in [9.17, 15) is 22.8 Å². The van der Waals surface area contributed by atoms with Gasteiger partial charge in [0.05, 0.1) is 31.5 Å². The van der Waals surface area contributed by atoms with Gasteiger partial charge in [-0.3, -0.25) is 0 Å². The van der Waals surface area contributed by atoms with Crippen LogP contribution >= 0.6 is 22.6 Å². The molecule has 0 radical (unpaired) electrons.